The number of rotatable bonds is 4. The minimum absolute atomic E-state index is 0.0293. The van der Waals surface area contributed by atoms with Crippen molar-refractivity contribution < 1.29 is 8.42 Å². The monoisotopic (exact) mass is 323 g/mol. The zero-order valence-corrected chi connectivity index (χ0v) is 12.7. The summed E-state index contributed by atoms with van der Waals surface area (Å²) in [5, 5.41) is 4.16. The molecule has 3 rings (SSSR count). The molecule has 22 heavy (non-hydrogen) atoms. The van der Waals surface area contributed by atoms with E-state index < -0.39 is 10.0 Å². The summed E-state index contributed by atoms with van der Waals surface area (Å²) >= 11 is 0. The summed E-state index contributed by atoms with van der Waals surface area (Å²) in [5.41, 5.74) is -0.121. The highest BCUT2D eigenvalue weighted by atomic mass is 32.2. The van der Waals surface area contributed by atoms with Gasteiger partial charge in [0.15, 0.2) is 5.03 Å². The molecule has 0 aromatic carbocycles. The van der Waals surface area contributed by atoms with E-state index in [1.54, 1.807) is 12.3 Å². The first-order chi connectivity index (χ1) is 10.6. The number of imidazole rings is 1. The Kier molecular flexibility index (Phi) is 4.08. The third kappa shape index (κ3) is 3.09. The smallest absolute Gasteiger partial charge is 0.266 e. The Morgan fingerprint density at radius 2 is 2.05 bits per heavy atom. The number of H-pyrrole nitrogens is 1. The highest BCUT2D eigenvalue weighted by Crippen LogP contribution is 2.27. The number of hydrogen-bond acceptors (Lipinski definition) is 5. The third-order valence-electron chi connectivity index (χ3n) is 3.87. The lowest BCUT2D eigenvalue weighted by molar-refractivity contribution is 0.285. The van der Waals surface area contributed by atoms with Crippen molar-refractivity contribution in [2.75, 3.05) is 0 Å². The van der Waals surface area contributed by atoms with Gasteiger partial charge in [0.05, 0.1) is 18.6 Å². The van der Waals surface area contributed by atoms with Crippen molar-refractivity contribution in [2.24, 2.45) is 0 Å². The molecule has 9 heteroatoms. The lowest BCUT2D eigenvalue weighted by atomic mass is 9.92. The number of nitrogens with zero attached hydrogens (tertiary/aromatic N) is 3. The Bertz CT molecular complexity index is 776. The molecule has 0 radical (unpaired) electrons. The molecule has 8 nitrogen and oxygen atoms in total. The van der Waals surface area contributed by atoms with Crippen molar-refractivity contribution in [3.63, 3.8) is 0 Å². The molecule has 0 spiro atoms. The molecule has 0 atom stereocenters. The second-order valence-electron chi connectivity index (χ2n) is 5.35. The number of sulfonamides is 1. The Balaban J connectivity index is 1.63. The van der Waals surface area contributed by atoms with E-state index in [2.05, 4.69) is 19.8 Å². The average Bonchev–Trinajstić information content (AvgIpc) is 3.04. The third-order valence-corrected chi connectivity index (χ3v) is 5.31. The molecular formula is C13H17N5O3S. The lowest BCUT2D eigenvalue weighted by Gasteiger charge is -2.29. The van der Waals surface area contributed by atoms with Crippen LogP contribution >= 0.6 is 0 Å². The van der Waals surface area contributed by atoms with E-state index in [-0.39, 0.29) is 22.7 Å². The first kappa shape index (κ1) is 14.9. The van der Waals surface area contributed by atoms with E-state index in [0.29, 0.717) is 25.7 Å². The first-order valence-electron chi connectivity index (χ1n) is 7.11. The molecule has 0 unspecified atom stereocenters. The molecule has 0 amide bonds. The van der Waals surface area contributed by atoms with Gasteiger partial charge in [0.2, 0.25) is 0 Å². The van der Waals surface area contributed by atoms with Gasteiger partial charge in [-0.25, -0.2) is 22.8 Å². The Labute approximate surface area is 127 Å². The summed E-state index contributed by atoms with van der Waals surface area (Å²) in [6.45, 7) is 0. The average molecular weight is 323 g/mol. The molecule has 0 bridgehead atoms. The molecule has 1 aliphatic rings. The fourth-order valence-electron chi connectivity index (χ4n) is 2.75. The summed E-state index contributed by atoms with van der Waals surface area (Å²) in [6, 6.07) is 2.99. The molecule has 1 fully saturated rings. The van der Waals surface area contributed by atoms with Crippen molar-refractivity contribution in [1.29, 1.82) is 0 Å². The van der Waals surface area contributed by atoms with Crippen LogP contribution in [0.2, 0.25) is 0 Å². The molecule has 118 valence electrons. The maximum absolute atomic E-state index is 12.1. The molecular weight excluding hydrogens is 306 g/mol. The topological polar surface area (TPSA) is 110 Å². The quantitative estimate of drug-likeness (QED) is 0.848. The van der Waals surface area contributed by atoms with E-state index in [4.69, 9.17) is 0 Å². The predicted molar refractivity (Wildman–Crippen MR) is 78.7 cm³/mol. The summed E-state index contributed by atoms with van der Waals surface area (Å²) in [7, 11) is -3.56. The molecule has 2 N–H and O–H groups in total. The number of aromatic amines is 1. The minimum Gasteiger partial charge on any atom is -0.335 e. The summed E-state index contributed by atoms with van der Waals surface area (Å²) in [5.74, 6) is 0. The van der Waals surface area contributed by atoms with Crippen LogP contribution in [0.25, 0.3) is 0 Å². The van der Waals surface area contributed by atoms with Crippen molar-refractivity contribution in [2.45, 2.75) is 42.8 Å². The van der Waals surface area contributed by atoms with E-state index in [0.717, 1.165) is 0 Å². The van der Waals surface area contributed by atoms with Crippen LogP contribution in [0.5, 0.6) is 0 Å². The van der Waals surface area contributed by atoms with Crippen molar-refractivity contribution in [3.8, 4) is 0 Å². The van der Waals surface area contributed by atoms with Crippen LogP contribution in [0.15, 0.2) is 40.7 Å². The maximum atomic E-state index is 12.1. The van der Waals surface area contributed by atoms with Crippen LogP contribution in [0.4, 0.5) is 0 Å². The van der Waals surface area contributed by atoms with Crippen molar-refractivity contribution in [1.82, 2.24) is 24.5 Å². The van der Waals surface area contributed by atoms with Gasteiger partial charge in [-0.15, -0.1) is 0 Å². The normalized spacial score (nSPS) is 22.5. The van der Waals surface area contributed by atoms with Crippen LogP contribution in [0, 0.1) is 0 Å². The van der Waals surface area contributed by atoms with Crippen molar-refractivity contribution in [3.05, 3.63) is 41.2 Å². The maximum Gasteiger partial charge on any atom is 0.266 e. The fraction of sp³-hybridized carbons (Fsp3) is 0.462. The second kappa shape index (κ2) is 6.01. The minimum atomic E-state index is -3.56. The molecule has 0 saturated heterocycles. The highest BCUT2D eigenvalue weighted by molar-refractivity contribution is 7.89. The van der Waals surface area contributed by atoms with Crippen LogP contribution in [-0.4, -0.2) is 34.2 Å². The van der Waals surface area contributed by atoms with Gasteiger partial charge in [0.1, 0.15) is 0 Å². The molecule has 1 saturated carbocycles. The molecule has 2 aromatic heterocycles. The van der Waals surface area contributed by atoms with Gasteiger partial charge >= 0.3 is 0 Å². The Morgan fingerprint density at radius 3 is 2.68 bits per heavy atom. The zero-order chi connectivity index (χ0) is 15.6. The summed E-state index contributed by atoms with van der Waals surface area (Å²) in [4.78, 5) is 18.1. The van der Waals surface area contributed by atoms with Gasteiger partial charge in [-0.05, 0) is 31.7 Å². The number of nitrogens with one attached hydrogen (secondary N) is 2. The van der Waals surface area contributed by atoms with Gasteiger partial charge < -0.3 is 4.98 Å². The largest absolute Gasteiger partial charge is 0.335 e. The molecule has 0 aliphatic heterocycles. The van der Waals surface area contributed by atoms with Crippen LogP contribution < -0.4 is 10.3 Å². The molecule has 2 heterocycles. The van der Waals surface area contributed by atoms with Crippen LogP contribution in [0.1, 0.15) is 31.7 Å². The molecule has 2 aromatic rings. The Hall–Kier alpha value is -2.00. The van der Waals surface area contributed by atoms with Crippen molar-refractivity contribution >= 4 is 10.0 Å². The van der Waals surface area contributed by atoms with E-state index in [1.807, 2.05) is 0 Å². The first-order valence-corrected chi connectivity index (χ1v) is 8.59. The number of aromatic nitrogens is 4. The van der Waals surface area contributed by atoms with E-state index >= 15 is 0 Å². The summed E-state index contributed by atoms with van der Waals surface area (Å²) < 4.78 is 28.4. The second-order valence-corrected chi connectivity index (χ2v) is 7.03. The standard InChI is InChI=1S/C13H17N5O3S/c19-13-2-1-7-16-18(13)11-5-3-10(4-6-11)17-22(20,21)12-8-14-9-15-12/h1-2,7-11,17H,3-6H2,(H,14,15). The van der Waals surface area contributed by atoms with E-state index in [9.17, 15) is 13.2 Å². The van der Waals surface area contributed by atoms with Gasteiger partial charge in [0, 0.05) is 18.3 Å². The predicted octanol–water partition coefficient (Wildman–Crippen LogP) is 0.429. The van der Waals surface area contributed by atoms with Gasteiger partial charge in [-0.3, -0.25) is 4.79 Å². The zero-order valence-electron chi connectivity index (χ0n) is 11.8. The van der Waals surface area contributed by atoms with Crippen LogP contribution in [-0.2, 0) is 10.0 Å². The van der Waals surface area contributed by atoms with Crippen LogP contribution in [0.3, 0.4) is 0 Å². The Morgan fingerprint density at radius 1 is 1.27 bits per heavy atom. The highest BCUT2D eigenvalue weighted by Gasteiger charge is 2.27. The SMILES string of the molecule is O=c1cccnn1C1CCC(NS(=O)(=O)c2cnc[nH]2)CC1. The fourth-order valence-corrected chi connectivity index (χ4v) is 3.96. The van der Waals surface area contributed by atoms with Gasteiger partial charge in [-0.1, -0.05) is 0 Å². The number of hydrogen-bond donors (Lipinski definition) is 2. The molecule has 1 aliphatic carbocycles. The van der Waals surface area contributed by atoms with Gasteiger partial charge in [-0.2, -0.15) is 5.10 Å². The summed E-state index contributed by atoms with van der Waals surface area (Å²) in [6.07, 6.45) is 6.97. The lowest BCUT2D eigenvalue weighted by Crippen LogP contribution is -2.39. The van der Waals surface area contributed by atoms with Gasteiger partial charge in [0.25, 0.3) is 15.6 Å². The van der Waals surface area contributed by atoms with E-state index in [1.165, 1.54) is 23.3 Å².